The Bertz CT molecular complexity index is 1580. The summed E-state index contributed by atoms with van der Waals surface area (Å²) in [6, 6.07) is 31.3. The number of hydrogen-bond donors (Lipinski definition) is 2. The number of hydrazone groups is 1. The largest absolute Gasteiger partial charge is 0.488 e. The topological polar surface area (TPSA) is 75.6 Å². The van der Waals surface area contributed by atoms with E-state index in [4.69, 9.17) is 4.74 Å². The summed E-state index contributed by atoms with van der Waals surface area (Å²) in [6.07, 6.45) is 1.59. The number of nitrogens with zero attached hydrogens (tertiary/aromatic N) is 2. The van der Waals surface area contributed by atoms with Gasteiger partial charge in [-0.15, -0.1) is 11.3 Å². The Hall–Kier alpha value is -4.02. The molecule has 8 heteroatoms. The van der Waals surface area contributed by atoms with Crippen molar-refractivity contribution in [1.82, 2.24) is 10.4 Å². The molecule has 1 aromatic heterocycles. The van der Waals surface area contributed by atoms with E-state index in [1.54, 1.807) is 18.3 Å². The van der Waals surface area contributed by atoms with Gasteiger partial charge in [-0.25, -0.2) is 10.4 Å². The Labute approximate surface area is 244 Å². The fourth-order valence-corrected chi connectivity index (χ4v) is 4.80. The lowest BCUT2D eigenvalue weighted by Crippen LogP contribution is -2.17. The minimum absolute atomic E-state index is 0.296. The van der Waals surface area contributed by atoms with Crippen molar-refractivity contribution >= 4 is 56.9 Å². The summed E-state index contributed by atoms with van der Waals surface area (Å²) < 4.78 is 7.16. The van der Waals surface area contributed by atoms with Gasteiger partial charge in [0.05, 0.1) is 11.9 Å². The molecule has 2 N–H and O–H groups in total. The average molecular weight is 645 g/mol. The summed E-state index contributed by atoms with van der Waals surface area (Å²) in [5.41, 5.74) is 8.95. The Morgan fingerprint density at radius 2 is 1.72 bits per heavy atom. The second kappa shape index (κ2) is 12.7. The Morgan fingerprint density at radius 3 is 2.49 bits per heavy atom. The van der Waals surface area contributed by atoms with E-state index in [1.807, 2.05) is 78.2 Å². The van der Waals surface area contributed by atoms with Gasteiger partial charge in [-0.05, 0) is 83.6 Å². The molecule has 0 aliphatic rings. The molecule has 0 saturated heterocycles. The summed E-state index contributed by atoms with van der Waals surface area (Å²) >= 11 is 3.81. The first-order valence-corrected chi connectivity index (χ1v) is 14.2. The third-order valence-corrected chi connectivity index (χ3v) is 7.32. The molecule has 39 heavy (non-hydrogen) atoms. The maximum atomic E-state index is 12.7. The number of para-hydroxylation sites is 1. The minimum atomic E-state index is -0.296. The third kappa shape index (κ3) is 7.30. The lowest BCUT2D eigenvalue weighted by Gasteiger charge is -2.09. The summed E-state index contributed by atoms with van der Waals surface area (Å²) in [5.74, 6) is 0.396. The number of rotatable bonds is 9. The van der Waals surface area contributed by atoms with Gasteiger partial charge >= 0.3 is 0 Å². The quantitative estimate of drug-likeness (QED) is 0.0976. The second-order valence-corrected chi connectivity index (χ2v) is 10.9. The highest BCUT2D eigenvalue weighted by molar-refractivity contribution is 14.1. The van der Waals surface area contributed by atoms with Crippen LogP contribution in [0.2, 0.25) is 0 Å². The highest BCUT2D eigenvalue weighted by Crippen LogP contribution is 2.27. The molecule has 0 fully saturated rings. The molecule has 4 aromatic carbocycles. The van der Waals surface area contributed by atoms with Crippen LogP contribution in [0.1, 0.15) is 27.0 Å². The van der Waals surface area contributed by atoms with Crippen molar-refractivity contribution in [3.05, 3.63) is 128 Å². The molecule has 5 rings (SSSR count). The van der Waals surface area contributed by atoms with E-state index in [-0.39, 0.29) is 5.91 Å². The number of carbonyl (C=O) groups is 1. The molecule has 1 amide bonds. The van der Waals surface area contributed by atoms with Crippen LogP contribution >= 0.6 is 33.9 Å². The van der Waals surface area contributed by atoms with Gasteiger partial charge in [0.2, 0.25) is 0 Å². The van der Waals surface area contributed by atoms with Crippen LogP contribution in [0.5, 0.6) is 5.75 Å². The van der Waals surface area contributed by atoms with Crippen LogP contribution in [0.4, 0.5) is 10.8 Å². The fraction of sp³-hybridized carbons (Fsp3) is 0.0645. The number of aromatic nitrogens is 1. The monoisotopic (exact) mass is 644 g/mol. The summed E-state index contributed by atoms with van der Waals surface area (Å²) in [4.78, 5) is 17.3. The van der Waals surface area contributed by atoms with Crippen molar-refractivity contribution in [3.63, 3.8) is 0 Å². The van der Waals surface area contributed by atoms with Crippen molar-refractivity contribution in [2.45, 2.75) is 13.5 Å². The highest BCUT2D eigenvalue weighted by Gasteiger charge is 2.09. The summed E-state index contributed by atoms with van der Waals surface area (Å²) in [5, 5.41) is 10.3. The summed E-state index contributed by atoms with van der Waals surface area (Å²) in [6.45, 7) is 2.51. The zero-order valence-electron chi connectivity index (χ0n) is 21.1. The van der Waals surface area contributed by atoms with Crippen LogP contribution in [0, 0.1) is 10.5 Å². The number of halogens is 1. The second-order valence-electron chi connectivity index (χ2n) is 8.76. The smallest absolute Gasteiger partial charge is 0.271 e. The van der Waals surface area contributed by atoms with Crippen molar-refractivity contribution in [2.75, 3.05) is 5.32 Å². The summed E-state index contributed by atoms with van der Waals surface area (Å²) in [7, 11) is 0. The molecule has 0 unspecified atom stereocenters. The van der Waals surface area contributed by atoms with Crippen LogP contribution in [-0.4, -0.2) is 17.1 Å². The molecular weight excluding hydrogens is 619 g/mol. The molecule has 0 aliphatic carbocycles. The maximum absolute atomic E-state index is 12.7. The number of anilines is 2. The van der Waals surface area contributed by atoms with Gasteiger partial charge in [0, 0.05) is 31.3 Å². The van der Waals surface area contributed by atoms with Gasteiger partial charge in [-0.3, -0.25) is 4.79 Å². The molecule has 0 spiro atoms. The number of benzene rings is 4. The van der Waals surface area contributed by atoms with Gasteiger partial charge in [-0.1, -0.05) is 54.1 Å². The molecule has 0 saturated carbocycles. The number of thiazole rings is 1. The molecular formula is C31H25IN4O2S. The zero-order valence-corrected chi connectivity index (χ0v) is 24.1. The number of aryl methyl sites for hydroxylation is 1. The average Bonchev–Trinajstić information content (AvgIpc) is 3.43. The van der Waals surface area contributed by atoms with Crippen LogP contribution in [-0.2, 0) is 6.61 Å². The molecule has 0 atom stereocenters. The predicted octanol–water partition coefficient (Wildman–Crippen LogP) is 7.81. The number of carbonyl (C=O) groups excluding carboxylic acids is 1. The lowest BCUT2D eigenvalue weighted by molar-refractivity contribution is 0.0955. The van der Waals surface area contributed by atoms with Crippen LogP contribution in [0.3, 0.4) is 0 Å². The van der Waals surface area contributed by atoms with Crippen LogP contribution in [0.25, 0.3) is 11.3 Å². The van der Waals surface area contributed by atoms with Gasteiger partial charge < -0.3 is 10.1 Å². The van der Waals surface area contributed by atoms with Gasteiger partial charge in [0.15, 0.2) is 5.13 Å². The third-order valence-electron chi connectivity index (χ3n) is 5.85. The van der Waals surface area contributed by atoms with Crippen molar-refractivity contribution < 1.29 is 9.53 Å². The van der Waals surface area contributed by atoms with E-state index in [0.29, 0.717) is 17.9 Å². The van der Waals surface area contributed by atoms with Gasteiger partial charge in [0.25, 0.3) is 5.91 Å². The number of ether oxygens (including phenoxy) is 1. The molecule has 0 radical (unpaired) electrons. The van der Waals surface area contributed by atoms with E-state index >= 15 is 0 Å². The van der Waals surface area contributed by atoms with Crippen molar-refractivity contribution in [3.8, 4) is 17.0 Å². The molecule has 0 bridgehead atoms. The number of nitrogens with one attached hydrogen (secondary N) is 2. The number of amides is 1. The zero-order chi connectivity index (χ0) is 27.0. The van der Waals surface area contributed by atoms with Crippen molar-refractivity contribution in [1.29, 1.82) is 0 Å². The SMILES string of the molecule is Cc1ccc(Nc2nc(-c3ccc(C(=O)N/N=C\c4ccccc4OCc4ccc(I)cc4)cc3)cs2)cc1. The van der Waals surface area contributed by atoms with Crippen LogP contribution < -0.4 is 15.5 Å². The van der Waals surface area contributed by atoms with E-state index in [1.165, 1.54) is 20.5 Å². The predicted molar refractivity (Wildman–Crippen MR) is 167 cm³/mol. The minimum Gasteiger partial charge on any atom is -0.488 e. The van der Waals surface area contributed by atoms with Crippen LogP contribution in [0.15, 0.2) is 108 Å². The van der Waals surface area contributed by atoms with E-state index < -0.39 is 0 Å². The van der Waals surface area contributed by atoms with Gasteiger partial charge in [0.1, 0.15) is 12.4 Å². The molecule has 0 aliphatic heterocycles. The normalized spacial score (nSPS) is 10.9. The molecule has 1 heterocycles. The first kappa shape index (κ1) is 26.6. The standard InChI is InChI=1S/C31H25IN4O2S/c1-21-6-16-27(17-7-21)34-31-35-28(20-39-31)23-10-12-24(13-11-23)30(37)36-33-18-25-4-2-3-5-29(25)38-19-22-8-14-26(32)15-9-22/h2-18,20H,19H2,1H3,(H,34,35)(H,36,37)/b33-18-. The molecule has 6 nitrogen and oxygen atoms in total. The first-order valence-electron chi connectivity index (χ1n) is 12.2. The molecule has 194 valence electrons. The fourth-order valence-electron chi connectivity index (χ4n) is 3.70. The van der Waals surface area contributed by atoms with E-state index in [0.717, 1.165) is 33.2 Å². The lowest BCUT2D eigenvalue weighted by atomic mass is 10.1. The Kier molecular flexibility index (Phi) is 8.65. The molecule has 5 aromatic rings. The van der Waals surface area contributed by atoms with Gasteiger partial charge in [-0.2, -0.15) is 5.10 Å². The maximum Gasteiger partial charge on any atom is 0.271 e. The first-order chi connectivity index (χ1) is 19.0. The Morgan fingerprint density at radius 1 is 0.974 bits per heavy atom. The van der Waals surface area contributed by atoms with E-state index in [2.05, 4.69) is 62.5 Å². The van der Waals surface area contributed by atoms with Crippen molar-refractivity contribution in [2.24, 2.45) is 5.10 Å². The van der Waals surface area contributed by atoms with E-state index in [9.17, 15) is 4.79 Å². The highest BCUT2D eigenvalue weighted by atomic mass is 127. The Balaban J connectivity index is 1.17. The number of hydrogen-bond acceptors (Lipinski definition) is 6.